The highest BCUT2D eigenvalue weighted by molar-refractivity contribution is 5.92. The van der Waals surface area contributed by atoms with Crippen LogP contribution in [0.25, 0.3) is 0 Å². The lowest BCUT2D eigenvalue weighted by molar-refractivity contribution is 0.1000. The predicted molar refractivity (Wildman–Crippen MR) is 53.3 cm³/mol. The molecule has 1 rings (SSSR count). The molecule has 1 heterocycles. The topological polar surface area (TPSA) is 79.8 Å². The number of unbranched alkanes of at least 4 members (excludes halogenated alkanes) is 1. The molecule has 0 radical (unpaired) electrons. The number of rotatable bonds is 2. The van der Waals surface area contributed by atoms with Crippen LogP contribution in [0.4, 0.5) is 0 Å². The molecular weight excluding hydrogens is 178 g/mol. The van der Waals surface area contributed by atoms with Crippen LogP contribution in [0.2, 0.25) is 0 Å². The first kappa shape index (κ1) is 12.1. The van der Waals surface area contributed by atoms with Crippen LogP contribution in [0.15, 0.2) is 24.5 Å². The Morgan fingerprint density at radius 2 is 2.43 bits per heavy atom. The molecule has 4 heteroatoms. The van der Waals surface area contributed by atoms with Crippen molar-refractivity contribution < 1.29 is 4.79 Å². The van der Waals surface area contributed by atoms with Gasteiger partial charge in [-0.05, 0) is 18.6 Å². The van der Waals surface area contributed by atoms with Gasteiger partial charge in [-0.25, -0.2) is 0 Å². The average molecular weight is 191 g/mol. The third-order valence-corrected chi connectivity index (χ3v) is 1.31. The van der Waals surface area contributed by atoms with Gasteiger partial charge in [-0.1, -0.05) is 6.92 Å². The zero-order chi connectivity index (χ0) is 10.8. The molecule has 0 spiro atoms. The third kappa shape index (κ3) is 5.72. The monoisotopic (exact) mass is 191 g/mol. The fourth-order valence-electron chi connectivity index (χ4n) is 0.620. The van der Waals surface area contributed by atoms with E-state index in [-0.39, 0.29) is 0 Å². The summed E-state index contributed by atoms with van der Waals surface area (Å²) < 4.78 is 0. The maximum absolute atomic E-state index is 10.4. The summed E-state index contributed by atoms with van der Waals surface area (Å²) in [7, 11) is 0. The average Bonchev–Trinajstić information content (AvgIpc) is 2.21. The van der Waals surface area contributed by atoms with Gasteiger partial charge in [-0.3, -0.25) is 9.78 Å². The van der Waals surface area contributed by atoms with Gasteiger partial charge in [0.2, 0.25) is 5.91 Å². The van der Waals surface area contributed by atoms with Crippen molar-refractivity contribution in [1.82, 2.24) is 4.98 Å². The molecule has 4 nitrogen and oxygen atoms in total. The van der Waals surface area contributed by atoms with E-state index in [4.69, 9.17) is 11.0 Å². The van der Waals surface area contributed by atoms with Gasteiger partial charge in [0.25, 0.3) is 0 Å². The number of carbonyl (C=O) groups excluding carboxylic acids is 1. The largest absolute Gasteiger partial charge is 0.366 e. The van der Waals surface area contributed by atoms with Crippen LogP contribution < -0.4 is 5.73 Å². The highest BCUT2D eigenvalue weighted by atomic mass is 16.1. The molecule has 0 aromatic carbocycles. The lowest BCUT2D eigenvalue weighted by Crippen LogP contribution is -2.10. The summed E-state index contributed by atoms with van der Waals surface area (Å²) >= 11 is 0. The number of nitriles is 1. The summed E-state index contributed by atoms with van der Waals surface area (Å²) in [5.41, 5.74) is 5.38. The minimum Gasteiger partial charge on any atom is -0.366 e. The summed E-state index contributed by atoms with van der Waals surface area (Å²) in [6, 6.07) is 5.30. The van der Waals surface area contributed by atoms with Crippen LogP contribution in [0.1, 0.15) is 30.1 Å². The van der Waals surface area contributed by atoms with Gasteiger partial charge in [0, 0.05) is 18.8 Å². The van der Waals surface area contributed by atoms with Crippen molar-refractivity contribution in [2.75, 3.05) is 0 Å². The first-order valence-electron chi connectivity index (χ1n) is 4.29. The van der Waals surface area contributed by atoms with E-state index in [1.165, 1.54) is 6.20 Å². The molecule has 0 unspecified atom stereocenters. The van der Waals surface area contributed by atoms with Gasteiger partial charge in [0.1, 0.15) is 0 Å². The zero-order valence-electron chi connectivity index (χ0n) is 8.10. The van der Waals surface area contributed by atoms with Crippen molar-refractivity contribution in [2.45, 2.75) is 19.8 Å². The molecule has 1 aromatic heterocycles. The molecule has 14 heavy (non-hydrogen) atoms. The zero-order valence-corrected chi connectivity index (χ0v) is 8.10. The predicted octanol–water partition coefficient (Wildman–Crippen LogP) is 1.49. The van der Waals surface area contributed by atoms with Crippen molar-refractivity contribution >= 4 is 5.91 Å². The Morgan fingerprint density at radius 3 is 2.64 bits per heavy atom. The number of pyridine rings is 1. The highest BCUT2D eigenvalue weighted by Gasteiger charge is 1.94. The minimum atomic E-state index is -0.442. The smallest absolute Gasteiger partial charge is 0.250 e. The summed E-state index contributed by atoms with van der Waals surface area (Å²) in [5, 5.41) is 7.82. The first-order chi connectivity index (χ1) is 6.72. The molecule has 2 N–H and O–H groups in total. The van der Waals surface area contributed by atoms with Crippen LogP contribution in [0.3, 0.4) is 0 Å². The first-order valence-corrected chi connectivity index (χ1v) is 4.29. The van der Waals surface area contributed by atoms with Crippen molar-refractivity contribution in [3.05, 3.63) is 30.1 Å². The Balaban J connectivity index is 0.000000292. The number of primary amides is 1. The van der Waals surface area contributed by atoms with E-state index in [0.29, 0.717) is 12.0 Å². The van der Waals surface area contributed by atoms with Crippen LogP contribution >= 0.6 is 0 Å². The van der Waals surface area contributed by atoms with Gasteiger partial charge in [0.05, 0.1) is 11.6 Å². The number of hydrogen-bond acceptors (Lipinski definition) is 3. The van der Waals surface area contributed by atoms with Crippen molar-refractivity contribution in [3.8, 4) is 6.07 Å². The summed E-state index contributed by atoms with van der Waals surface area (Å²) in [5.74, 6) is -0.442. The number of nitrogens with zero attached hydrogens (tertiary/aromatic N) is 2. The lowest BCUT2D eigenvalue weighted by atomic mass is 10.3. The Kier molecular flexibility index (Phi) is 6.70. The molecule has 1 aromatic rings. The second-order valence-electron chi connectivity index (χ2n) is 2.51. The van der Waals surface area contributed by atoms with E-state index in [2.05, 4.69) is 4.98 Å². The SMILES string of the molecule is CCCC#N.NC(=O)c1cccnc1. The van der Waals surface area contributed by atoms with E-state index in [0.717, 1.165) is 6.42 Å². The van der Waals surface area contributed by atoms with E-state index < -0.39 is 5.91 Å². The number of aromatic nitrogens is 1. The maximum atomic E-state index is 10.4. The quantitative estimate of drug-likeness (QED) is 0.769. The molecule has 74 valence electrons. The van der Waals surface area contributed by atoms with E-state index >= 15 is 0 Å². The molecule has 0 aliphatic carbocycles. The number of nitrogens with two attached hydrogens (primary N) is 1. The molecule has 0 bridgehead atoms. The van der Waals surface area contributed by atoms with Crippen LogP contribution in [0, 0.1) is 11.3 Å². The highest BCUT2D eigenvalue weighted by Crippen LogP contribution is 1.91. The van der Waals surface area contributed by atoms with E-state index in [1.807, 2.05) is 13.0 Å². The van der Waals surface area contributed by atoms with Crippen LogP contribution in [-0.4, -0.2) is 10.9 Å². The van der Waals surface area contributed by atoms with Crippen molar-refractivity contribution in [3.63, 3.8) is 0 Å². The van der Waals surface area contributed by atoms with Crippen molar-refractivity contribution in [1.29, 1.82) is 5.26 Å². The number of amides is 1. The Bertz CT molecular complexity index is 303. The second kappa shape index (κ2) is 7.74. The number of hydrogen-bond donors (Lipinski definition) is 1. The minimum absolute atomic E-state index is 0.442. The standard InChI is InChI=1S/C6H6N2O.C4H7N/c7-6(9)5-2-1-3-8-4-5;1-2-3-4-5/h1-4H,(H2,7,9);2-3H2,1H3. The Labute approximate surface area is 83.4 Å². The van der Waals surface area contributed by atoms with E-state index in [1.54, 1.807) is 18.3 Å². The van der Waals surface area contributed by atoms with Gasteiger partial charge >= 0.3 is 0 Å². The molecule has 1 amide bonds. The van der Waals surface area contributed by atoms with Gasteiger partial charge < -0.3 is 5.73 Å². The van der Waals surface area contributed by atoms with Crippen molar-refractivity contribution in [2.24, 2.45) is 5.73 Å². The Morgan fingerprint density at radius 1 is 1.71 bits per heavy atom. The van der Waals surface area contributed by atoms with Gasteiger partial charge in [-0.2, -0.15) is 5.26 Å². The number of carbonyl (C=O) groups is 1. The summed E-state index contributed by atoms with van der Waals surface area (Å²) in [6.45, 7) is 1.99. The molecule has 0 saturated heterocycles. The second-order valence-corrected chi connectivity index (χ2v) is 2.51. The molecule has 0 aliphatic rings. The fraction of sp³-hybridized carbons (Fsp3) is 0.300. The fourth-order valence-corrected chi connectivity index (χ4v) is 0.620. The molecule has 0 saturated carbocycles. The molecule has 0 fully saturated rings. The third-order valence-electron chi connectivity index (χ3n) is 1.31. The van der Waals surface area contributed by atoms with Crippen LogP contribution in [-0.2, 0) is 0 Å². The van der Waals surface area contributed by atoms with Gasteiger partial charge in [0.15, 0.2) is 0 Å². The molecule has 0 atom stereocenters. The van der Waals surface area contributed by atoms with Crippen LogP contribution in [0.5, 0.6) is 0 Å². The summed E-state index contributed by atoms with van der Waals surface area (Å²) in [4.78, 5) is 14.1. The molecular formula is C10H13N3O. The lowest BCUT2D eigenvalue weighted by Gasteiger charge is -1.88. The van der Waals surface area contributed by atoms with Gasteiger partial charge in [-0.15, -0.1) is 0 Å². The summed E-state index contributed by atoms with van der Waals surface area (Å²) in [6.07, 6.45) is 4.70. The maximum Gasteiger partial charge on any atom is 0.250 e. The molecule has 0 aliphatic heterocycles. The normalized spacial score (nSPS) is 8.00. The Hall–Kier alpha value is -1.89. The van der Waals surface area contributed by atoms with E-state index in [9.17, 15) is 4.79 Å².